The first-order valence-corrected chi connectivity index (χ1v) is 6.68. The van der Waals surface area contributed by atoms with Gasteiger partial charge in [0.2, 0.25) is 5.91 Å². The monoisotopic (exact) mass is 281 g/mol. The molecule has 5 heteroatoms. The van der Waals surface area contributed by atoms with Gasteiger partial charge in [-0.2, -0.15) is 5.10 Å². The van der Waals surface area contributed by atoms with Crippen molar-refractivity contribution < 1.29 is 9.90 Å². The Morgan fingerprint density at radius 3 is 2.90 bits per heavy atom. The maximum Gasteiger partial charge on any atom is 0.230 e. The largest absolute Gasteiger partial charge is 0.392 e. The molecule has 3 N–H and O–H groups in total. The number of carbonyl (C=O) groups excluding carboxylic acids is 1. The average Bonchev–Trinajstić information content (AvgIpc) is 2.91. The summed E-state index contributed by atoms with van der Waals surface area (Å²) in [5, 5.41) is 19.9. The number of benzene rings is 2. The van der Waals surface area contributed by atoms with Gasteiger partial charge in [0.15, 0.2) is 0 Å². The normalized spacial score (nSPS) is 10.7. The number of aromatic amines is 1. The Morgan fingerprint density at radius 2 is 2.05 bits per heavy atom. The van der Waals surface area contributed by atoms with E-state index in [-0.39, 0.29) is 18.9 Å². The molecule has 0 radical (unpaired) electrons. The maximum absolute atomic E-state index is 12.1. The van der Waals surface area contributed by atoms with Gasteiger partial charge in [0.1, 0.15) is 0 Å². The number of aromatic nitrogens is 2. The molecule has 21 heavy (non-hydrogen) atoms. The number of hydrogen-bond donors (Lipinski definition) is 3. The molecule has 0 bridgehead atoms. The summed E-state index contributed by atoms with van der Waals surface area (Å²) in [5.41, 5.74) is 3.08. The highest BCUT2D eigenvalue weighted by Crippen LogP contribution is 2.16. The van der Waals surface area contributed by atoms with Crippen molar-refractivity contribution in [2.24, 2.45) is 0 Å². The van der Waals surface area contributed by atoms with E-state index in [1.807, 2.05) is 24.3 Å². The number of hydrogen-bond acceptors (Lipinski definition) is 3. The quantitative estimate of drug-likeness (QED) is 0.686. The standard InChI is InChI=1S/C16H15N3O2/c20-10-11-4-3-5-12(8-11)17-16(21)9-15-13-6-1-2-7-14(13)18-19-15/h1-8,20H,9-10H2,(H,17,21)(H,18,19). The number of aliphatic hydroxyl groups is 1. The lowest BCUT2D eigenvalue weighted by Crippen LogP contribution is -2.14. The number of fused-ring (bicyclic) bond motifs is 1. The second-order valence-corrected chi connectivity index (χ2v) is 4.80. The number of para-hydroxylation sites is 1. The molecule has 0 aliphatic heterocycles. The second kappa shape index (κ2) is 5.76. The molecule has 3 rings (SSSR count). The van der Waals surface area contributed by atoms with E-state index >= 15 is 0 Å². The van der Waals surface area contributed by atoms with Gasteiger partial charge in [-0.05, 0) is 23.8 Å². The number of H-pyrrole nitrogens is 1. The van der Waals surface area contributed by atoms with Crippen LogP contribution in [0.25, 0.3) is 10.9 Å². The first kappa shape index (κ1) is 13.3. The number of rotatable bonds is 4. The molecule has 1 heterocycles. The molecule has 1 aromatic heterocycles. The predicted octanol–water partition coefficient (Wildman–Crippen LogP) is 2.24. The van der Waals surface area contributed by atoms with Gasteiger partial charge in [-0.1, -0.05) is 30.3 Å². The van der Waals surface area contributed by atoms with E-state index in [1.165, 1.54) is 0 Å². The van der Waals surface area contributed by atoms with Crippen LogP contribution >= 0.6 is 0 Å². The number of anilines is 1. The van der Waals surface area contributed by atoms with E-state index in [0.29, 0.717) is 5.69 Å². The first-order chi connectivity index (χ1) is 10.3. The maximum atomic E-state index is 12.1. The van der Waals surface area contributed by atoms with Crippen molar-refractivity contribution in [3.05, 3.63) is 59.8 Å². The summed E-state index contributed by atoms with van der Waals surface area (Å²) in [6.07, 6.45) is 0.226. The van der Waals surface area contributed by atoms with Gasteiger partial charge in [0, 0.05) is 11.1 Å². The van der Waals surface area contributed by atoms with Crippen molar-refractivity contribution >= 4 is 22.5 Å². The topological polar surface area (TPSA) is 78.0 Å². The molecule has 0 spiro atoms. The van der Waals surface area contributed by atoms with Gasteiger partial charge in [-0.15, -0.1) is 0 Å². The third-order valence-corrected chi connectivity index (χ3v) is 3.27. The Hall–Kier alpha value is -2.66. The Labute approximate surface area is 121 Å². The van der Waals surface area contributed by atoms with Gasteiger partial charge >= 0.3 is 0 Å². The number of carbonyl (C=O) groups is 1. The molecular weight excluding hydrogens is 266 g/mol. The van der Waals surface area contributed by atoms with Crippen LogP contribution in [0.1, 0.15) is 11.3 Å². The van der Waals surface area contributed by atoms with Crippen molar-refractivity contribution in [2.75, 3.05) is 5.32 Å². The molecule has 0 unspecified atom stereocenters. The Balaban J connectivity index is 1.74. The van der Waals surface area contributed by atoms with Crippen LogP contribution in [0.3, 0.4) is 0 Å². The van der Waals surface area contributed by atoms with Crippen LogP contribution in [0.2, 0.25) is 0 Å². The molecule has 0 atom stereocenters. The molecule has 0 fully saturated rings. The van der Waals surface area contributed by atoms with Gasteiger partial charge < -0.3 is 10.4 Å². The van der Waals surface area contributed by atoms with Crippen LogP contribution in [0, 0.1) is 0 Å². The number of aliphatic hydroxyl groups excluding tert-OH is 1. The Bertz CT molecular complexity index is 780. The molecule has 106 valence electrons. The summed E-state index contributed by atoms with van der Waals surface area (Å²) in [7, 11) is 0. The number of nitrogens with one attached hydrogen (secondary N) is 2. The van der Waals surface area contributed by atoms with Crippen LogP contribution in [0.4, 0.5) is 5.69 Å². The van der Waals surface area contributed by atoms with Crippen molar-refractivity contribution in [2.45, 2.75) is 13.0 Å². The minimum absolute atomic E-state index is 0.0467. The van der Waals surface area contributed by atoms with E-state index in [0.717, 1.165) is 22.2 Å². The lowest BCUT2D eigenvalue weighted by atomic mass is 10.1. The zero-order valence-electron chi connectivity index (χ0n) is 11.3. The fourth-order valence-corrected chi connectivity index (χ4v) is 2.26. The molecule has 1 amide bonds. The van der Waals surface area contributed by atoms with Crippen molar-refractivity contribution in [1.82, 2.24) is 10.2 Å². The van der Waals surface area contributed by atoms with Gasteiger partial charge in [0.05, 0.1) is 24.2 Å². The minimum Gasteiger partial charge on any atom is -0.392 e. The zero-order valence-corrected chi connectivity index (χ0v) is 11.3. The van der Waals surface area contributed by atoms with Crippen LogP contribution < -0.4 is 5.32 Å². The summed E-state index contributed by atoms with van der Waals surface area (Å²) in [4.78, 5) is 12.1. The summed E-state index contributed by atoms with van der Waals surface area (Å²) < 4.78 is 0. The Morgan fingerprint density at radius 1 is 1.19 bits per heavy atom. The second-order valence-electron chi connectivity index (χ2n) is 4.80. The number of nitrogens with zero attached hydrogens (tertiary/aromatic N) is 1. The molecule has 0 saturated carbocycles. The smallest absolute Gasteiger partial charge is 0.230 e. The zero-order chi connectivity index (χ0) is 14.7. The molecule has 5 nitrogen and oxygen atoms in total. The molecule has 0 aliphatic rings. The lowest BCUT2D eigenvalue weighted by molar-refractivity contribution is -0.115. The lowest BCUT2D eigenvalue weighted by Gasteiger charge is -2.06. The minimum atomic E-state index is -0.125. The van der Waals surface area contributed by atoms with E-state index in [4.69, 9.17) is 5.11 Å². The first-order valence-electron chi connectivity index (χ1n) is 6.68. The number of amides is 1. The van der Waals surface area contributed by atoms with E-state index in [1.54, 1.807) is 24.3 Å². The third kappa shape index (κ3) is 2.93. The van der Waals surface area contributed by atoms with E-state index in [9.17, 15) is 4.79 Å². The van der Waals surface area contributed by atoms with E-state index in [2.05, 4.69) is 15.5 Å². The SMILES string of the molecule is O=C(Cc1[nH]nc2ccccc12)Nc1cccc(CO)c1. The van der Waals surface area contributed by atoms with Crippen molar-refractivity contribution in [3.63, 3.8) is 0 Å². The summed E-state index contributed by atoms with van der Waals surface area (Å²) in [6, 6.07) is 14.8. The summed E-state index contributed by atoms with van der Waals surface area (Å²) in [6.45, 7) is -0.0467. The Kier molecular flexibility index (Phi) is 3.66. The average molecular weight is 281 g/mol. The van der Waals surface area contributed by atoms with Crippen LogP contribution in [0.5, 0.6) is 0 Å². The molecule has 0 aliphatic carbocycles. The fraction of sp³-hybridized carbons (Fsp3) is 0.125. The predicted molar refractivity (Wildman–Crippen MR) is 80.8 cm³/mol. The highest BCUT2D eigenvalue weighted by molar-refractivity contribution is 5.95. The summed E-state index contributed by atoms with van der Waals surface area (Å²) in [5.74, 6) is -0.125. The van der Waals surface area contributed by atoms with Crippen LogP contribution in [-0.2, 0) is 17.8 Å². The third-order valence-electron chi connectivity index (χ3n) is 3.27. The molecule has 3 aromatic rings. The van der Waals surface area contributed by atoms with Gasteiger partial charge in [-0.3, -0.25) is 9.89 Å². The van der Waals surface area contributed by atoms with Crippen molar-refractivity contribution in [3.8, 4) is 0 Å². The van der Waals surface area contributed by atoms with Gasteiger partial charge in [-0.25, -0.2) is 0 Å². The van der Waals surface area contributed by atoms with Gasteiger partial charge in [0.25, 0.3) is 0 Å². The van der Waals surface area contributed by atoms with Crippen LogP contribution in [0.15, 0.2) is 48.5 Å². The van der Waals surface area contributed by atoms with E-state index < -0.39 is 0 Å². The summed E-state index contributed by atoms with van der Waals surface area (Å²) >= 11 is 0. The van der Waals surface area contributed by atoms with Crippen molar-refractivity contribution in [1.29, 1.82) is 0 Å². The highest BCUT2D eigenvalue weighted by Gasteiger charge is 2.10. The highest BCUT2D eigenvalue weighted by atomic mass is 16.3. The molecular formula is C16H15N3O2. The van der Waals surface area contributed by atoms with Crippen LogP contribution in [-0.4, -0.2) is 21.2 Å². The molecule has 0 saturated heterocycles. The fourth-order valence-electron chi connectivity index (χ4n) is 2.26. The molecule has 2 aromatic carbocycles.